The Bertz CT molecular complexity index is 917. The van der Waals surface area contributed by atoms with Gasteiger partial charge < -0.3 is 9.47 Å². The summed E-state index contributed by atoms with van der Waals surface area (Å²) in [6.45, 7) is 6.60. The summed E-state index contributed by atoms with van der Waals surface area (Å²) in [6.07, 6.45) is 2.49. The lowest BCUT2D eigenvalue weighted by molar-refractivity contribution is -0.122. The number of hydrogen-bond acceptors (Lipinski definition) is 4. The van der Waals surface area contributed by atoms with E-state index in [1.165, 1.54) is 11.1 Å². The second-order valence-corrected chi connectivity index (χ2v) is 9.46. The highest BCUT2D eigenvalue weighted by Gasteiger charge is 2.44. The van der Waals surface area contributed by atoms with Crippen molar-refractivity contribution in [2.24, 2.45) is 11.0 Å². The fourth-order valence-corrected chi connectivity index (χ4v) is 4.19. The third kappa shape index (κ3) is 5.10. The van der Waals surface area contributed by atoms with Gasteiger partial charge >= 0.3 is 0 Å². The summed E-state index contributed by atoms with van der Waals surface area (Å²) in [5, 5.41) is 4.13. The highest BCUT2D eigenvalue weighted by atomic mass is 127. The molecule has 1 amide bonds. The predicted molar refractivity (Wildman–Crippen MR) is 124 cm³/mol. The van der Waals surface area contributed by atoms with Crippen molar-refractivity contribution in [3.05, 3.63) is 56.7 Å². The Labute approximate surface area is 186 Å². The van der Waals surface area contributed by atoms with Crippen LogP contribution in [-0.4, -0.2) is 26.3 Å². The van der Waals surface area contributed by atoms with Gasteiger partial charge in [0.2, 0.25) is 5.91 Å². The molecule has 1 saturated carbocycles. The van der Waals surface area contributed by atoms with Gasteiger partial charge in [-0.15, -0.1) is 0 Å². The smallest absolute Gasteiger partial charge is 0.243 e. The normalized spacial score (nSPS) is 18.6. The van der Waals surface area contributed by atoms with Gasteiger partial charge in [-0.3, -0.25) is 4.79 Å². The molecule has 1 N–H and O–H groups in total. The number of hydrogen-bond donors (Lipinski definition) is 1. The first-order valence-electron chi connectivity index (χ1n) is 9.59. The number of methoxy groups -OCH3 is 2. The molecule has 0 bridgehead atoms. The van der Waals surface area contributed by atoms with E-state index in [1.54, 1.807) is 20.4 Å². The summed E-state index contributed by atoms with van der Waals surface area (Å²) >= 11 is 2.18. The summed E-state index contributed by atoms with van der Waals surface area (Å²) in [6, 6.07) is 12.4. The Morgan fingerprint density at radius 2 is 1.86 bits per heavy atom. The molecule has 0 spiro atoms. The van der Waals surface area contributed by atoms with Crippen LogP contribution in [0.2, 0.25) is 0 Å². The molecule has 3 rings (SSSR count). The van der Waals surface area contributed by atoms with Crippen LogP contribution in [0.15, 0.2) is 41.5 Å². The lowest BCUT2D eigenvalue weighted by Gasteiger charge is -2.19. The van der Waals surface area contributed by atoms with E-state index in [1.807, 2.05) is 12.1 Å². The average Bonchev–Trinajstić information content (AvgIpc) is 3.48. The van der Waals surface area contributed by atoms with Crippen LogP contribution in [0, 0.1) is 9.49 Å². The van der Waals surface area contributed by atoms with Crippen molar-refractivity contribution in [1.29, 1.82) is 0 Å². The van der Waals surface area contributed by atoms with Gasteiger partial charge in [-0.2, -0.15) is 5.10 Å². The summed E-state index contributed by atoms with van der Waals surface area (Å²) in [5.74, 6) is 1.54. The highest BCUT2D eigenvalue weighted by Crippen LogP contribution is 2.47. The second kappa shape index (κ2) is 8.73. The molecule has 1 aliphatic carbocycles. The van der Waals surface area contributed by atoms with Gasteiger partial charge in [-0.05, 0) is 69.2 Å². The zero-order valence-corrected chi connectivity index (χ0v) is 19.6. The molecule has 2 aromatic carbocycles. The summed E-state index contributed by atoms with van der Waals surface area (Å²) in [5.41, 5.74) is 6.16. The number of nitrogens with one attached hydrogen (secondary N) is 1. The molecular weight excluding hydrogens is 479 g/mol. The van der Waals surface area contributed by atoms with E-state index in [-0.39, 0.29) is 23.2 Å². The first kappa shape index (κ1) is 21.6. The van der Waals surface area contributed by atoms with Crippen molar-refractivity contribution in [3.63, 3.8) is 0 Å². The van der Waals surface area contributed by atoms with E-state index in [0.717, 1.165) is 15.6 Å². The quantitative estimate of drug-likeness (QED) is 0.346. The van der Waals surface area contributed by atoms with Crippen molar-refractivity contribution < 1.29 is 14.3 Å². The van der Waals surface area contributed by atoms with Crippen molar-refractivity contribution in [2.45, 2.75) is 38.5 Å². The molecule has 0 heterocycles. The number of halogens is 1. The zero-order chi connectivity index (χ0) is 21.2. The maximum atomic E-state index is 12.4. The number of amides is 1. The summed E-state index contributed by atoms with van der Waals surface area (Å²) in [7, 11) is 3.20. The topological polar surface area (TPSA) is 59.9 Å². The average molecular weight is 506 g/mol. The minimum Gasteiger partial charge on any atom is -0.493 e. The second-order valence-electron chi connectivity index (χ2n) is 8.29. The Kier molecular flexibility index (Phi) is 6.51. The van der Waals surface area contributed by atoms with Crippen molar-refractivity contribution in [2.75, 3.05) is 14.2 Å². The molecule has 0 saturated heterocycles. The Morgan fingerprint density at radius 1 is 1.17 bits per heavy atom. The molecule has 1 fully saturated rings. The molecular formula is C23H27IN2O3. The summed E-state index contributed by atoms with van der Waals surface area (Å²) in [4.78, 5) is 12.4. The Balaban J connectivity index is 1.59. The molecule has 0 unspecified atom stereocenters. The van der Waals surface area contributed by atoms with E-state index in [4.69, 9.17) is 9.47 Å². The molecule has 29 heavy (non-hydrogen) atoms. The SMILES string of the molecule is COc1cc(/C=N/NC(=O)[C@@H]2C[C@H]2c2ccc(C(C)(C)C)cc2)cc(I)c1OC. The fraction of sp³-hybridized carbons (Fsp3) is 0.391. The van der Waals surface area contributed by atoms with E-state index in [0.29, 0.717) is 11.5 Å². The lowest BCUT2D eigenvalue weighted by Crippen LogP contribution is -2.20. The fourth-order valence-electron chi connectivity index (χ4n) is 3.35. The minimum atomic E-state index is -0.0404. The van der Waals surface area contributed by atoms with E-state index >= 15 is 0 Å². The largest absolute Gasteiger partial charge is 0.493 e. The first-order valence-corrected chi connectivity index (χ1v) is 10.7. The molecule has 0 aliphatic heterocycles. The number of carbonyl (C=O) groups is 1. The standard InChI is InChI=1S/C23H27IN2O3/c1-23(2,3)16-8-6-15(7-9-16)17-12-18(17)22(27)26-25-13-14-10-19(24)21(29-5)20(11-14)28-4/h6-11,13,17-18H,12H2,1-5H3,(H,26,27)/b25-13+/t17-,18+/m0/s1. The molecule has 2 atom stereocenters. The van der Waals surface area contributed by atoms with Crippen LogP contribution in [0.25, 0.3) is 0 Å². The van der Waals surface area contributed by atoms with Crippen LogP contribution in [0.4, 0.5) is 0 Å². The predicted octanol–water partition coefficient (Wildman–Crippen LogP) is 4.86. The number of nitrogens with zero attached hydrogens (tertiary/aromatic N) is 1. The van der Waals surface area contributed by atoms with Crippen LogP contribution >= 0.6 is 22.6 Å². The van der Waals surface area contributed by atoms with Gasteiger partial charge in [0.25, 0.3) is 0 Å². The number of hydrazone groups is 1. The van der Waals surface area contributed by atoms with Crippen molar-refractivity contribution in [1.82, 2.24) is 5.43 Å². The van der Waals surface area contributed by atoms with Crippen LogP contribution in [0.1, 0.15) is 49.8 Å². The Morgan fingerprint density at radius 3 is 2.45 bits per heavy atom. The zero-order valence-electron chi connectivity index (χ0n) is 17.5. The van der Waals surface area contributed by atoms with Crippen molar-refractivity contribution in [3.8, 4) is 11.5 Å². The molecule has 5 nitrogen and oxygen atoms in total. The van der Waals surface area contributed by atoms with Crippen LogP contribution in [0.3, 0.4) is 0 Å². The number of benzene rings is 2. The van der Waals surface area contributed by atoms with Crippen LogP contribution in [-0.2, 0) is 10.2 Å². The van der Waals surface area contributed by atoms with Gasteiger partial charge in [-0.25, -0.2) is 5.43 Å². The minimum absolute atomic E-state index is 0.0156. The molecule has 0 aromatic heterocycles. The monoisotopic (exact) mass is 506 g/mol. The number of rotatable bonds is 6. The molecule has 6 heteroatoms. The van der Waals surface area contributed by atoms with Crippen molar-refractivity contribution >= 4 is 34.7 Å². The van der Waals surface area contributed by atoms with E-state index < -0.39 is 0 Å². The first-order chi connectivity index (χ1) is 13.7. The van der Waals surface area contributed by atoms with E-state index in [9.17, 15) is 4.79 Å². The molecule has 154 valence electrons. The summed E-state index contributed by atoms with van der Waals surface area (Å²) < 4.78 is 11.6. The van der Waals surface area contributed by atoms with Gasteiger partial charge in [-0.1, -0.05) is 45.0 Å². The van der Waals surface area contributed by atoms with Gasteiger partial charge in [0.05, 0.1) is 24.0 Å². The maximum Gasteiger partial charge on any atom is 0.243 e. The Hall–Kier alpha value is -2.09. The third-order valence-corrected chi connectivity index (χ3v) is 5.98. The van der Waals surface area contributed by atoms with Gasteiger partial charge in [0.1, 0.15) is 0 Å². The number of carbonyl (C=O) groups excluding carboxylic acids is 1. The molecule has 1 aliphatic rings. The number of ether oxygens (including phenoxy) is 2. The van der Waals surface area contributed by atoms with Gasteiger partial charge in [0.15, 0.2) is 11.5 Å². The molecule has 0 radical (unpaired) electrons. The highest BCUT2D eigenvalue weighted by molar-refractivity contribution is 14.1. The third-order valence-electron chi connectivity index (χ3n) is 5.18. The van der Waals surface area contributed by atoms with E-state index in [2.05, 4.69) is 78.2 Å². The van der Waals surface area contributed by atoms with Gasteiger partial charge in [0, 0.05) is 5.92 Å². The van der Waals surface area contributed by atoms with Crippen LogP contribution in [0.5, 0.6) is 11.5 Å². The van der Waals surface area contributed by atoms with Crippen LogP contribution < -0.4 is 14.9 Å². The molecule has 2 aromatic rings. The maximum absolute atomic E-state index is 12.4. The lowest BCUT2D eigenvalue weighted by atomic mass is 9.86.